The molecule has 1 aliphatic heterocycles. The summed E-state index contributed by atoms with van der Waals surface area (Å²) in [5.41, 5.74) is 3.35. The Morgan fingerprint density at radius 2 is 1.68 bits per heavy atom. The van der Waals surface area contributed by atoms with E-state index >= 15 is 0 Å². The fraction of sp³-hybridized carbons (Fsp3) is 0.391. The quantitative estimate of drug-likeness (QED) is 0.653. The molecule has 2 amide bonds. The third-order valence-electron chi connectivity index (χ3n) is 5.25. The van der Waals surface area contributed by atoms with Gasteiger partial charge in [-0.3, -0.25) is 14.5 Å². The first-order valence-corrected chi connectivity index (χ1v) is 10.8. The molecular weight excluding hydrogens is 416 g/mol. The van der Waals surface area contributed by atoms with Gasteiger partial charge in [0.1, 0.15) is 0 Å². The van der Waals surface area contributed by atoms with Crippen molar-refractivity contribution >= 4 is 40.5 Å². The van der Waals surface area contributed by atoms with Crippen LogP contribution in [0, 0.1) is 6.92 Å². The minimum Gasteiger partial charge on any atom is -0.378 e. The number of nitrogens with one attached hydrogen (secondary N) is 2. The monoisotopic (exact) mass is 444 g/mol. The van der Waals surface area contributed by atoms with Gasteiger partial charge in [0.15, 0.2) is 0 Å². The number of benzene rings is 2. The average Bonchev–Trinajstić information content (AvgIpc) is 2.77. The van der Waals surface area contributed by atoms with Gasteiger partial charge in [-0.25, -0.2) is 0 Å². The summed E-state index contributed by atoms with van der Waals surface area (Å²) in [4.78, 5) is 29.0. The number of hydrogen-bond donors (Lipinski definition) is 2. The second kappa shape index (κ2) is 11.1. The molecule has 31 heavy (non-hydrogen) atoms. The minimum absolute atomic E-state index is 0.117. The molecule has 1 heterocycles. The van der Waals surface area contributed by atoms with E-state index in [0.29, 0.717) is 17.3 Å². The first-order chi connectivity index (χ1) is 15.0. The smallest absolute Gasteiger partial charge is 0.238 e. The van der Waals surface area contributed by atoms with Crippen molar-refractivity contribution in [1.82, 2.24) is 4.90 Å². The van der Waals surface area contributed by atoms with Crippen molar-refractivity contribution in [1.29, 1.82) is 0 Å². The molecule has 0 saturated carbocycles. The zero-order chi connectivity index (χ0) is 22.2. The molecule has 8 heteroatoms. The number of carbonyl (C=O) groups is 2. The predicted molar refractivity (Wildman–Crippen MR) is 125 cm³/mol. The first kappa shape index (κ1) is 23.1. The Morgan fingerprint density at radius 3 is 2.32 bits per heavy atom. The lowest BCUT2D eigenvalue weighted by molar-refractivity contribution is -0.119. The summed E-state index contributed by atoms with van der Waals surface area (Å²) in [6, 6.07) is 13.2. The van der Waals surface area contributed by atoms with Crippen LogP contribution in [0.4, 0.5) is 17.1 Å². The van der Waals surface area contributed by atoms with Gasteiger partial charge in [-0.2, -0.15) is 0 Å². The molecule has 1 aliphatic rings. The van der Waals surface area contributed by atoms with Crippen molar-refractivity contribution in [2.75, 3.05) is 61.5 Å². The number of morpholine rings is 1. The topological polar surface area (TPSA) is 73.9 Å². The van der Waals surface area contributed by atoms with Crippen LogP contribution in [0.5, 0.6) is 0 Å². The highest BCUT2D eigenvalue weighted by molar-refractivity contribution is 6.31. The van der Waals surface area contributed by atoms with Gasteiger partial charge >= 0.3 is 0 Å². The number of hydrogen-bond acceptors (Lipinski definition) is 5. The van der Waals surface area contributed by atoms with E-state index in [1.54, 1.807) is 17.0 Å². The van der Waals surface area contributed by atoms with Crippen LogP contribution in [0.3, 0.4) is 0 Å². The Bertz CT molecular complexity index is 898. The molecule has 0 bridgehead atoms. The lowest BCUT2D eigenvalue weighted by Crippen LogP contribution is -2.38. The molecule has 2 N–H and O–H groups in total. The van der Waals surface area contributed by atoms with Gasteiger partial charge in [0.25, 0.3) is 0 Å². The Hall–Kier alpha value is -2.61. The molecule has 0 aromatic heterocycles. The van der Waals surface area contributed by atoms with Crippen LogP contribution >= 0.6 is 11.6 Å². The summed E-state index contributed by atoms with van der Waals surface area (Å²) in [5, 5.41) is 6.37. The third kappa shape index (κ3) is 6.69. The minimum atomic E-state index is -0.185. The maximum Gasteiger partial charge on any atom is 0.238 e. The van der Waals surface area contributed by atoms with Gasteiger partial charge in [0, 0.05) is 35.2 Å². The van der Waals surface area contributed by atoms with E-state index in [1.165, 1.54) is 0 Å². The molecule has 0 atom stereocenters. The van der Waals surface area contributed by atoms with Crippen molar-refractivity contribution < 1.29 is 14.3 Å². The molecule has 0 spiro atoms. The van der Waals surface area contributed by atoms with Crippen LogP contribution in [-0.4, -0.2) is 62.7 Å². The van der Waals surface area contributed by atoms with Gasteiger partial charge in [-0.05, 0) is 55.4 Å². The number of ether oxygens (including phenoxy) is 1. The average molecular weight is 445 g/mol. The molecule has 2 aromatic carbocycles. The number of anilines is 3. The predicted octanol–water partition coefficient (Wildman–Crippen LogP) is 3.38. The largest absolute Gasteiger partial charge is 0.378 e. The summed E-state index contributed by atoms with van der Waals surface area (Å²) in [6.07, 6.45) is 0. The number of halogens is 1. The van der Waals surface area contributed by atoms with Crippen LogP contribution in [0.15, 0.2) is 42.5 Å². The Balaban J connectivity index is 1.49. The summed E-state index contributed by atoms with van der Waals surface area (Å²) in [5.74, 6) is -0.345. The van der Waals surface area contributed by atoms with Crippen molar-refractivity contribution in [2.45, 2.75) is 13.8 Å². The van der Waals surface area contributed by atoms with Crippen molar-refractivity contribution in [3.8, 4) is 0 Å². The maximum absolute atomic E-state index is 12.5. The molecular formula is C23H29ClN4O3. The van der Waals surface area contributed by atoms with Gasteiger partial charge in [-0.1, -0.05) is 24.6 Å². The highest BCUT2D eigenvalue weighted by Crippen LogP contribution is 2.23. The number of nitrogens with zero attached hydrogens (tertiary/aromatic N) is 2. The van der Waals surface area contributed by atoms with Crippen LogP contribution in [0.1, 0.15) is 12.5 Å². The second-order valence-electron chi connectivity index (χ2n) is 7.46. The van der Waals surface area contributed by atoms with Crippen LogP contribution < -0.4 is 15.5 Å². The van der Waals surface area contributed by atoms with Crippen molar-refractivity contribution in [3.63, 3.8) is 0 Å². The fourth-order valence-electron chi connectivity index (χ4n) is 3.40. The summed E-state index contributed by atoms with van der Waals surface area (Å²) < 4.78 is 5.38. The molecule has 166 valence electrons. The standard InChI is InChI=1S/C23H29ClN4O3/c1-3-27(16-23(30)26-21-6-4-5-20(24)17(21)2)15-22(29)25-18-7-9-19(10-8-18)28-11-13-31-14-12-28/h4-10H,3,11-16H2,1-2H3,(H,25,29)(H,26,30). The lowest BCUT2D eigenvalue weighted by Gasteiger charge is -2.29. The molecule has 2 aromatic rings. The highest BCUT2D eigenvalue weighted by atomic mass is 35.5. The molecule has 0 unspecified atom stereocenters. The fourth-order valence-corrected chi connectivity index (χ4v) is 3.57. The molecule has 3 rings (SSSR count). The Morgan fingerprint density at radius 1 is 1.03 bits per heavy atom. The summed E-state index contributed by atoms with van der Waals surface area (Å²) >= 11 is 6.11. The SMILES string of the molecule is CCN(CC(=O)Nc1ccc(N2CCOCC2)cc1)CC(=O)Nc1cccc(Cl)c1C. The molecule has 7 nitrogen and oxygen atoms in total. The van der Waals surface area contributed by atoms with Crippen molar-refractivity contribution in [2.24, 2.45) is 0 Å². The molecule has 0 aliphatic carbocycles. The van der Waals surface area contributed by atoms with Crippen LogP contribution in [0.25, 0.3) is 0 Å². The highest BCUT2D eigenvalue weighted by Gasteiger charge is 2.15. The number of rotatable bonds is 8. The lowest BCUT2D eigenvalue weighted by atomic mass is 10.2. The second-order valence-corrected chi connectivity index (χ2v) is 7.87. The summed E-state index contributed by atoms with van der Waals surface area (Å²) in [6.45, 7) is 7.80. The van der Waals surface area contributed by atoms with Gasteiger partial charge in [-0.15, -0.1) is 0 Å². The third-order valence-corrected chi connectivity index (χ3v) is 5.66. The number of carbonyl (C=O) groups excluding carboxylic acids is 2. The van der Waals surface area contributed by atoms with Gasteiger partial charge < -0.3 is 20.3 Å². The zero-order valence-electron chi connectivity index (χ0n) is 18.0. The normalized spacial score (nSPS) is 13.9. The van der Waals surface area contributed by atoms with E-state index in [4.69, 9.17) is 16.3 Å². The van der Waals surface area contributed by atoms with E-state index < -0.39 is 0 Å². The van der Waals surface area contributed by atoms with Crippen LogP contribution in [0.2, 0.25) is 5.02 Å². The zero-order valence-corrected chi connectivity index (χ0v) is 18.7. The summed E-state index contributed by atoms with van der Waals surface area (Å²) in [7, 11) is 0. The number of likely N-dealkylation sites (N-methyl/N-ethyl adjacent to an activating group) is 1. The molecule has 0 radical (unpaired) electrons. The van der Waals surface area contributed by atoms with E-state index in [0.717, 1.165) is 43.2 Å². The Labute approximate surface area is 188 Å². The van der Waals surface area contributed by atoms with E-state index in [-0.39, 0.29) is 24.9 Å². The number of amides is 2. The van der Waals surface area contributed by atoms with E-state index in [1.807, 2.05) is 44.2 Å². The van der Waals surface area contributed by atoms with E-state index in [2.05, 4.69) is 15.5 Å². The molecule has 1 fully saturated rings. The first-order valence-electron chi connectivity index (χ1n) is 10.5. The van der Waals surface area contributed by atoms with Crippen LogP contribution in [-0.2, 0) is 14.3 Å². The van der Waals surface area contributed by atoms with Gasteiger partial charge in [0.05, 0.1) is 26.3 Å². The van der Waals surface area contributed by atoms with Crippen molar-refractivity contribution in [3.05, 3.63) is 53.1 Å². The Kier molecular flexibility index (Phi) is 8.28. The maximum atomic E-state index is 12.5. The van der Waals surface area contributed by atoms with E-state index in [9.17, 15) is 9.59 Å². The molecule has 1 saturated heterocycles. The van der Waals surface area contributed by atoms with Gasteiger partial charge in [0.2, 0.25) is 11.8 Å².